The molecule has 4 nitrogen and oxygen atoms in total. The van der Waals surface area contributed by atoms with Crippen LogP contribution in [0.2, 0.25) is 0 Å². The van der Waals surface area contributed by atoms with E-state index in [4.69, 9.17) is 9.40 Å². The molecule has 0 atom stereocenters. The molecule has 0 unspecified atom stereocenters. The Balaban J connectivity index is 0.000000309. The van der Waals surface area contributed by atoms with Crippen molar-refractivity contribution in [3.05, 3.63) is 162 Å². The van der Waals surface area contributed by atoms with Crippen molar-refractivity contribution in [2.45, 2.75) is 84.5 Å². The molecule has 0 bridgehead atoms. The molecule has 10 rings (SSSR count). The van der Waals surface area contributed by atoms with E-state index in [9.17, 15) is 0 Å². The molecule has 3 aromatic heterocycles. The zero-order chi connectivity index (χ0) is 39.6. The molecule has 1 aliphatic carbocycles. The summed E-state index contributed by atoms with van der Waals surface area (Å²) in [6.45, 7) is 18.6. The second kappa shape index (κ2) is 15.1. The van der Waals surface area contributed by atoms with Crippen molar-refractivity contribution in [1.82, 2.24) is 14.5 Å². The largest absolute Gasteiger partial charge is 0.500 e. The molecule has 3 heterocycles. The van der Waals surface area contributed by atoms with E-state index in [1.807, 2.05) is 48.5 Å². The molecular formula is C53H49IrN3O-2. The van der Waals surface area contributed by atoms with Gasteiger partial charge in [0.1, 0.15) is 5.58 Å². The van der Waals surface area contributed by atoms with Crippen molar-refractivity contribution < 1.29 is 24.5 Å². The Morgan fingerprint density at radius 3 is 2.02 bits per heavy atom. The van der Waals surface area contributed by atoms with Gasteiger partial charge in [-0.2, -0.15) is 0 Å². The third kappa shape index (κ3) is 6.59. The van der Waals surface area contributed by atoms with Crippen molar-refractivity contribution in [3.63, 3.8) is 0 Å². The van der Waals surface area contributed by atoms with E-state index in [1.165, 1.54) is 38.7 Å². The van der Waals surface area contributed by atoms with Crippen LogP contribution in [-0.2, 0) is 30.9 Å². The number of rotatable bonds is 5. The fourth-order valence-electron chi connectivity index (χ4n) is 9.62. The molecule has 5 heteroatoms. The maximum atomic E-state index is 6.99. The van der Waals surface area contributed by atoms with Crippen LogP contribution >= 0.6 is 0 Å². The molecule has 0 saturated heterocycles. The van der Waals surface area contributed by atoms with Gasteiger partial charge in [-0.05, 0) is 80.6 Å². The van der Waals surface area contributed by atoms with Gasteiger partial charge in [0.2, 0.25) is 0 Å². The summed E-state index contributed by atoms with van der Waals surface area (Å²) in [5.41, 5.74) is 13.8. The number of hydrogen-bond acceptors (Lipinski definition) is 3. The van der Waals surface area contributed by atoms with Crippen molar-refractivity contribution in [3.8, 4) is 28.3 Å². The summed E-state index contributed by atoms with van der Waals surface area (Å²) in [4.78, 5) is 9.51. The summed E-state index contributed by atoms with van der Waals surface area (Å²) in [5, 5.41) is 4.72. The number of fused-ring (bicyclic) bond motifs is 8. The molecule has 58 heavy (non-hydrogen) atoms. The van der Waals surface area contributed by atoms with Gasteiger partial charge in [0.15, 0.2) is 0 Å². The van der Waals surface area contributed by atoms with Gasteiger partial charge in [-0.3, -0.25) is 4.98 Å². The fourth-order valence-corrected chi connectivity index (χ4v) is 9.62. The summed E-state index contributed by atoms with van der Waals surface area (Å²) < 4.78 is 9.36. The molecule has 293 valence electrons. The minimum absolute atomic E-state index is 0. The zero-order valence-electron chi connectivity index (χ0n) is 34.6. The van der Waals surface area contributed by atoms with Crippen LogP contribution in [0.3, 0.4) is 0 Å². The summed E-state index contributed by atoms with van der Waals surface area (Å²) in [6.07, 6.45) is 2.92. The Morgan fingerprint density at radius 2 is 1.31 bits per heavy atom. The minimum atomic E-state index is 0. The monoisotopic (exact) mass is 936 g/mol. The second-order valence-electron chi connectivity index (χ2n) is 17.5. The Hall–Kier alpha value is -5.35. The topological polar surface area (TPSA) is 43.9 Å². The smallest absolute Gasteiger partial charge is 0.128 e. The molecule has 0 fully saturated rings. The molecule has 9 aromatic rings. The average molecular weight is 936 g/mol. The molecule has 1 radical (unpaired) electrons. The van der Waals surface area contributed by atoms with Crippen LogP contribution in [0, 0.1) is 12.1 Å². The van der Waals surface area contributed by atoms with Gasteiger partial charge in [0.25, 0.3) is 0 Å². The van der Waals surface area contributed by atoms with Gasteiger partial charge in [0.05, 0.1) is 22.4 Å². The summed E-state index contributed by atoms with van der Waals surface area (Å²) in [5.74, 6) is 1.56. The number of nitrogens with zero attached hydrogens (tertiary/aromatic N) is 3. The van der Waals surface area contributed by atoms with Crippen LogP contribution in [-0.4, -0.2) is 14.5 Å². The quantitative estimate of drug-likeness (QED) is 0.162. The second-order valence-corrected chi connectivity index (χ2v) is 17.5. The van der Waals surface area contributed by atoms with E-state index in [0.29, 0.717) is 11.8 Å². The van der Waals surface area contributed by atoms with Gasteiger partial charge in [-0.1, -0.05) is 133 Å². The Morgan fingerprint density at radius 1 is 0.638 bits per heavy atom. The first kappa shape index (κ1) is 39.5. The molecule has 0 spiro atoms. The third-order valence-corrected chi connectivity index (χ3v) is 11.9. The van der Waals surface area contributed by atoms with E-state index < -0.39 is 0 Å². The molecule has 1 aliphatic rings. The van der Waals surface area contributed by atoms with Gasteiger partial charge < -0.3 is 14.0 Å². The molecule has 6 aromatic carbocycles. The standard InChI is InChI=1S/C42H41N2O.C11H8N.Ir/c1-24(2)26-13-11-14-27(25(3)4)37(26)44-35-18-10-9-17-34(35)43-40(44)32-16-12-15-29-31-20-19-28-30(38(31)45-39(29)32)21-22-33-36(28)42(7,8)23-41(33,5)6;1-2-6-10(7-3-1)11-8-4-5-9-12-11;/h9-15,17-22,24-25H,23H2,1-8H3;1-6,8-9H;/q2*-1;. The first-order valence-electron chi connectivity index (χ1n) is 20.3. The van der Waals surface area contributed by atoms with Crippen molar-refractivity contribution >= 4 is 43.7 Å². The van der Waals surface area contributed by atoms with Crippen molar-refractivity contribution in [1.29, 1.82) is 0 Å². The van der Waals surface area contributed by atoms with Crippen LogP contribution in [0.15, 0.2) is 132 Å². The Kier molecular flexibility index (Phi) is 10.3. The fraction of sp³-hybridized carbons (Fsp3) is 0.245. The summed E-state index contributed by atoms with van der Waals surface area (Å²) in [7, 11) is 0. The van der Waals surface area contributed by atoms with Gasteiger partial charge in [-0.25, -0.2) is 0 Å². The molecular weight excluding hydrogens is 887 g/mol. The van der Waals surface area contributed by atoms with Crippen LogP contribution in [0.25, 0.3) is 72.1 Å². The van der Waals surface area contributed by atoms with E-state index in [1.54, 1.807) is 6.20 Å². The predicted molar refractivity (Wildman–Crippen MR) is 237 cm³/mol. The molecule has 0 amide bonds. The normalized spacial score (nSPS) is 14.2. The van der Waals surface area contributed by atoms with Gasteiger partial charge in [0, 0.05) is 42.8 Å². The number of imidazole rings is 1. The number of benzene rings is 6. The van der Waals surface area contributed by atoms with Gasteiger partial charge in [-0.15, -0.1) is 54.1 Å². The Labute approximate surface area is 355 Å². The number of furan rings is 1. The number of para-hydroxylation sites is 3. The minimum Gasteiger partial charge on any atom is -0.500 e. The van der Waals surface area contributed by atoms with Crippen LogP contribution < -0.4 is 0 Å². The van der Waals surface area contributed by atoms with Crippen molar-refractivity contribution in [2.24, 2.45) is 0 Å². The third-order valence-electron chi connectivity index (χ3n) is 11.9. The van der Waals surface area contributed by atoms with Crippen LogP contribution in [0.4, 0.5) is 0 Å². The molecule has 0 N–H and O–H groups in total. The zero-order valence-corrected chi connectivity index (χ0v) is 37.0. The maximum Gasteiger partial charge on any atom is 0.128 e. The van der Waals surface area contributed by atoms with E-state index in [-0.39, 0.29) is 30.9 Å². The molecule has 0 aliphatic heterocycles. The van der Waals surface area contributed by atoms with Gasteiger partial charge >= 0.3 is 0 Å². The molecule has 0 saturated carbocycles. The number of pyridine rings is 1. The first-order chi connectivity index (χ1) is 27.4. The van der Waals surface area contributed by atoms with Crippen molar-refractivity contribution in [2.75, 3.05) is 0 Å². The maximum absolute atomic E-state index is 6.99. The SMILES string of the molecule is CC(C)c1cccc(C(C)C)c1-n1c(-c2[c-]ccc3c2oc2c4ccc5c(c4ccc32)C(C)(C)CC5(C)C)nc2ccccc21.[Ir].[c-]1ccccc1-c1ccccn1. The number of hydrogen-bond donors (Lipinski definition) is 0. The van der Waals surface area contributed by atoms with Crippen LogP contribution in [0.5, 0.6) is 0 Å². The first-order valence-corrected chi connectivity index (χ1v) is 20.3. The predicted octanol–water partition coefficient (Wildman–Crippen LogP) is 14.3. The van der Waals surface area contributed by atoms with E-state index in [0.717, 1.165) is 62.0 Å². The Bertz CT molecular complexity index is 2870. The van der Waals surface area contributed by atoms with E-state index in [2.05, 4.69) is 150 Å². The van der Waals surface area contributed by atoms with E-state index >= 15 is 0 Å². The number of aromatic nitrogens is 3. The average Bonchev–Trinajstić information content (AvgIpc) is 3.85. The van der Waals surface area contributed by atoms with Crippen LogP contribution in [0.1, 0.15) is 95.9 Å². The summed E-state index contributed by atoms with van der Waals surface area (Å²) >= 11 is 0. The summed E-state index contributed by atoms with van der Waals surface area (Å²) in [6, 6.07) is 49.0.